The van der Waals surface area contributed by atoms with E-state index in [-0.39, 0.29) is 5.54 Å². The molecule has 0 bridgehead atoms. The maximum absolute atomic E-state index is 8.51. The van der Waals surface area contributed by atoms with Crippen LogP contribution in [0.4, 0.5) is 11.4 Å². The van der Waals surface area contributed by atoms with Crippen LogP contribution in [0, 0.1) is 5.41 Å². The molecule has 0 radical (unpaired) electrons. The molecule has 0 fully saturated rings. The minimum absolute atomic E-state index is 0.262. The Morgan fingerprint density at radius 2 is 1.64 bits per heavy atom. The zero-order valence-electron chi connectivity index (χ0n) is 16.5. The van der Waals surface area contributed by atoms with Crippen molar-refractivity contribution < 1.29 is 0 Å². The number of aliphatic imine (C=N–C) groups is 1. The highest BCUT2D eigenvalue weighted by atomic mass is 15.6. The first-order valence-corrected chi connectivity index (χ1v) is 8.78. The lowest BCUT2D eigenvalue weighted by Gasteiger charge is -2.28. The molecule has 1 aliphatic heterocycles. The molecule has 0 aromatic heterocycles. The Bertz CT molecular complexity index is 675. The molecule has 0 atom stereocenters. The Balaban J connectivity index is 2.36. The Morgan fingerprint density at radius 3 is 2.08 bits per heavy atom. The summed E-state index contributed by atoms with van der Waals surface area (Å²) in [7, 11) is 3.86. The van der Waals surface area contributed by atoms with Gasteiger partial charge in [0.25, 0.3) is 0 Å². The van der Waals surface area contributed by atoms with E-state index in [0.717, 1.165) is 18.8 Å². The van der Waals surface area contributed by atoms with E-state index in [1.165, 1.54) is 5.69 Å². The van der Waals surface area contributed by atoms with Crippen LogP contribution < -0.4 is 4.90 Å². The fourth-order valence-electron chi connectivity index (χ4n) is 2.74. The average Bonchev–Trinajstić information content (AvgIpc) is 2.87. The van der Waals surface area contributed by atoms with E-state index >= 15 is 0 Å². The monoisotopic (exact) mass is 342 g/mol. The first-order valence-electron chi connectivity index (χ1n) is 8.78. The van der Waals surface area contributed by atoms with Gasteiger partial charge in [0, 0.05) is 32.9 Å². The lowest BCUT2D eigenvalue weighted by Crippen LogP contribution is -2.41. The molecule has 1 aromatic rings. The SMILES string of the molecule is CCN(CC)c1ccc(N=C2C(=N)N(C(C)(C)C)N=C2N(C)C)cc1. The molecule has 0 amide bonds. The van der Waals surface area contributed by atoms with Gasteiger partial charge in [-0.3, -0.25) is 5.41 Å². The van der Waals surface area contributed by atoms with E-state index in [9.17, 15) is 0 Å². The van der Waals surface area contributed by atoms with Crippen LogP contribution in [0.2, 0.25) is 0 Å². The molecule has 6 heteroatoms. The van der Waals surface area contributed by atoms with Crippen molar-refractivity contribution in [2.75, 3.05) is 32.1 Å². The number of nitrogens with zero attached hydrogens (tertiary/aromatic N) is 5. The lowest BCUT2D eigenvalue weighted by molar-refractivity contribution is 0.250. The average molecular weight is 342 g/mol. The van der Waals surface area contributed by atoms with E-state index in [0.29, 0.717) is 17.4 Å². The molecule has 0 saturated heterocycles. The fourth-order valence-corrected chi connectivity index (χ4v) is 2.74. The van der Waals surface area contributed by atoms with Crippen LogP contribution >= 0.6 is 0 Å². The van der Waals surface area contributed by atoms with Gasteiger partial charge in [0.2, 0.25) is 0 Å². The summed E-state index contributed by atoms with van der Waals surface area (Å²) in [6.45, 7) is 12.4. The van der Waals surface area contributed by atoms with Crippen molar-refractivity contribution in [1.29, 1.82) is 5.41 Å². The highest BCUT2D eigenvalue weighted by Gasteiger charge is 2.36. The molecular weight excluding hydrogens is 312 g/mol. The maximum atomic E-state index is 8.51. The summed E-state index contributed by atoms with van der Waals surface area (Å²) in [5.41, 5.74) is 2.37. The van der Waals surface area contributed by atoms with Crippen LogP contribution in [0.1, 0.15) is 34.6 Å². The van der Waals surface area contributed by atoms with Gasteiger partial charge in [0.1, 0.15) is 0 Å². The first-order chi connectivity index (χ1) is 11.7. The summed E-state index contributed by atoms with van der Waals surface area (Å²) in [5, 5.41) is 14.8. The quantitative estimate of drug-likeness (QED) is 0.910. The van der Waals surface area contributed by atoms with Crippen molar-refractivity contribution in [3.63, 3.8) is 0 Å². The highest BCUT2D eigenvalue weighted by molar-refractivity contribution is 6.69. The molecule has 2 rings (SSSR count). The van der Waals surface area contributed by atoms with Crippen molar-refractivity contribution in [2.24, 2.45) is 10.1 Å². The predicted molar refractivity (Wildman–Crippen MR) is 108 cm³/mol. The van der Waals surface area contributed by atoms with Gasteiger partial charge < -0.3 is 9.80 Å². The smallest absolute Gasteiger partial charge is 0.178 e. The van der Waals surface area contributed by atoms with Gasteiger partial charge in [-0.2, -0.15) is 5.10 Å². The minimum atomic E-state index is -0.262. The largest absolute Gasteiger partial charge is 0.372 e. The number of hydrazone groups is 1. The van der Waals surface area contributed by atoms with E-state index in [2.05, 4.69) is 36.0 Å². The summed E-state index contributed by atoms with van der Waals surface area (Å²) < 4.78 is 0. The van der Waals surface area contributed by atoms with Gasteiger partial charge >= 0.3 is 0 Å². The number of hydrogen-bond donors (Lipinski definition) is 1. The number of anilines is 1. The van der Waals surface area contributed by atoms with Gasteiger partial charge in [0.15, 0.2) is 17.4 Å². The third-order valence-corrected chi connectivity index (χ3v) is 4.12. The van der Waals surface area contributed by atoms with Crippen molar-refractivity contribution in [3.05, 3.63) is 24.3 Å². The van der Waals surface area contributed by atoms with Gasteiger partial charge in [-0.25, -0.2) is 10.0 Å². The molecule has 0 unspecified atom stereocenters. The van der Waals surface area contributed by atoms with Crippen molar-refractivity contribution >= 4 is 28.8 Å². The second-order valence-electron chi connectivity index (χ2n) is 7.30. The van der Waals surface area contributed by atoms with Gasteiger partial charge in [-0.05, 0) is 58.9 Å². The zero-order chi connectivity index (χ0) is 18.8. The maximum Gasteiger partial charge on any atom is 0.178 e. The van der Waals surface area contributed by atoms with E-state index in [1.54, 1.807) is 5.01 Å². The summed E-state index contributed by atoms with van der Waals surface area (Å²) in [4.78, 5) is 8.92. The second kappa shape index (κ2) is 7.25. The Hall–Kier alpha value is -2.37. The van der Waals surface area contributed by atoms with Gasteiger partial charge in [-0.15, -0.1) is 0 Å². The van der Waals surface area contributed by atoms with Crippen LogP contribution in [-0.4, -0.2) is 60.0 Å². The van der Waals surface area contributed by atoms with Crippen LogP contribution in [0.5, 0.6) is 0 Å². The third kappa shape index (κ3) is 4.00. The summed E-state index contributed by atoms with van der Waals surface area (Å²) in [5.74, 6) is 1.05. The van der Waals surface area contributed by atoms with E-state index in [1.807, 2.05) is 51.9 Å². The molecule has 25 heavy (non-hydrogen) atoms. The number of hydrogen-bond acceptors (Lipinski definition) is 5. The minimum Gasteiger partial charge on any atom is -0.372 e. The molecule has 136 valence electrons. The molecule has 1 N–H and O–H groups in total. The van der Waals surface area contributed by atoms with E-state index in [4.69, 9.17) is 10.4 Å². The number of rotatable bonds is 4. The standard InChI is InChI=1S/C19H30N6/c1-8-24(9-2)15-12-10-14(11-13-15)21-16-17(20)25(19(3,4)5)22-18(16)23(6)7/h10-13,20H,8-9H2,1-7H3. The normalized spacial score (nSPS) is 16.4. The summed E-state index contributed by atoms with van der Waals surface area (Å²) in [6, 6.07) is 8.17. The molecule has 6 nitrogen and oxygen atoms in total. The Morgan fingerprint density at radius 1 is 1.08 bits per heavy atom. The Labute approximate surface area is 151 Å². The van der Waals surface area contributed by atoms with Crippen molar-refractivity contribution in [3.8, 4) is 0 Å². The van der Waals surface area contributed by atoms with Crippen LogP contribution in [-0.2, 0) is 0 Å². The molecule has 0 aliphatic carbocycles. The lowest BCUT2D eigenvalue weighted by atomic mass is 10.1. The van der Waals surface area contributed by atoms with Gasteiger partial charge in [-0.1, -0.05) is 0 Å². The van der Waals surface area contributed by atoms with E-state index < -0.39 is 0 Å². The molecule has 0 spiro atoms. The fraction of sp³-hybridized carbons (Fsp3) is 0.526. The zero-order valence-corrected chi connectivity index (χ0v) is 16.5. The summed E-state index contributed by atoms with van der Waals surface area (Å²) >= 11 is 0. The van der Waals surface area contributed by atoms with Crippen LogP contribution in [0.3, 0.4) is 0 Å². The van der Waals surface area contributed by atoms with Crippen molar-refractivity contribution in [1.82, 2.24) is 9.91 Å². The molecular formula is C19H30N6. The van der Waals surface area contributed by atoms with Crippen molar-refractivity contribution in [2.45, 2.75) is 40.2 Å². The number of nitrogens with one attached hydrogen (secondary N) is 1. The Kier molecular flexibility index (Phi) is 5.50. The van der Waals surface area contributed by atoms with Crippen LogP contribution in [0.25, 0.3) is 0 Å². The third-order valence-electron chi connectivity index (χ3n) is 4.12. The topological polar surface area (TPSA) is 58.3 Å². The number of amidine groups is 2. The number of benzene rings is 1. The van der Waals surface area contributed by atoms with Gasteiger partial charge in [0.05, 0.1) is 11.2 Å². The molecule has 1 aromatic carbocycles. The summed E-state index contributed by atoms with van der Waals surface area (Å²) in [6.07, 6.45) is 0. The molecule has 0 saturated carbocycles. The van der Waals surface area contributed by atoms with Crippen LogP contribution in [0.15, 0.2) is 34.4 Å². The predicted octanol–water partition coefficient (Wildman–Crippen LogP) is 3.57. The highest BCUT2D eigenvalue weighted by Crippen LogP contribution is 2.24. The second-order valence-corrected chi connectivity index (χ2v) is 7.30. The first kappa shape index (κ1) is 19.0. The molecule has 1 aliphatic rings. The molecule has 1 heterocycles.